The fourth-order valence-electron chi connectivity index (χ4n) is 2.57. The minimum absolute atomic E-state index is 0.0902. The van der Waals surface area contributed by atoms with E-state index in [0.717, 1.165) is 42.3 Å². The van der Waals surface area contributed by atoms with E-state index in [1.807, 2.05) is 18.2 Å². The number of nitrogens with one attached hydrogen (secondary N) is 2. The van der Waals surface area contributed by atoms with Crippen molar-refractivity contribution in [1.29, 1.82) is 0 Å². The SMILES string of the molecule is O=C(Nc1ccc2cn[nH]c2c1)C1CCC(Cl)CC1. The van der Waals surface area contributed by atoms with Gasteiger partial charge in [-0.05, 0) is 43.9 Å². The van der Waals surface area contributed by atoms with E-state index in [2.05, 4.69) is 15.5 Å². The lowest BCUT2D eigenvalue weighted by molar-refractivity contribution is -0.120. The van der Waals surface area contributed by atoms with E-state index in [4.69, 9.17) is 11.6 Å². The molecule has 1 amide bonds. The first-order valence-corrected chi connectivity index (χ1v) is 7.04. The second kappa shape index (κ2) is 5.21. The Balaban J connectivity index is 1.68. The lowest BCUT2D eigenvalue weighted by Crippen LogP contribution is -2.27. The molecule has 100 valence electrons. The summed E-state index contributed by atoms with van der Waals surface area (Å²) in [5, 5.41) is 11.1. The van der Waals surface area contributed by atoms with E-state index < -0.39 is 0 Å². The summed E-state index contributed by atoms with van der Waals surface area (Å²) in [6, 6.07) is 5.76. The van der Waals surface area contributed by atoms with Gasteiger partial charge < -0.3 is 5.32 Å². The number of anilines is 1. The summed E-state index contributed by atoms with van der Waals surface area (Å²) in [7, 11) is 0. The molecule has 0 aliphatic heterocycles. The summed E-state index contributed by atoms with van der Waals surface area (Å²) in [5.41, 5.74) is 1.75. The average molecular weight is 278 g/mol. The highest BCUT2D eigenvalue weighted by Crippen LogP contribution is 2.28. The molecular formula is C14H16ClN3O. The second-order valence-electron chi connectivity index (χ2n) is 5.11. The third-order valence-corrected chi connectivity index (χ3v) is 4.17. The molecule has 0 saturated heterocycles. The number of amides is 1. The van der Waals surface area contributed by atoms with Crippen LogP contribution < -0.4 is 5.32 Å². The predicted octanol–water partition coefficient (Wildman–Crippen LogP) is 3.30. The van der Waals surface area contributed by atoms with Crippen molar-refractivity contribution in [1.82, 2.24) is 10.2 Å². The number of aromatic nitrogens is 2. The predicted molar refractivity (Wildman–Crippen MR) is 76.3 cm³/mol. The van der Waals surface area contributed by atoms with Crippen LogP contribution in [0.5, 0.6) is 0 Å². The van der Waals surface area contributed by atoms with Crippen molar-refractivity contribution in [2.75, 3.05) is 5.32 Å². The number of fused-ring (bicyclic) bond motifs is 1. The van der Waals surface area contributed by atoms with Gasteiger partial charge in [0.1, 0.15) is 0 Å². The van der Waals surface area contributed by atoms with Crippen LogP contribution in [-0.2, 0) is 4.79 Å². The van der Waals surface area contributed by atoms with Crippen LogP contribution in [0.15, 0.2) is 24.4 Å². The maximum absolute atomic E-state index is 12.2. The van der Waals surface area contributed by atoms with Crippen LogP contribution in [0.25, 0.3) is 10.9 Å². The molecule has 2 N–H and O–H groups in total. The first-order valence-electron chi connectivity index (χ1n) is 6.60. The number of carbonyl (C=O) groups is 1. The molecule has 0 unspecified atom stereocenters. The maximum atomic E-state index is 12.2. The first-order chi connectivity index (χ1) is 9.22. The van der Waals surface area contributed by atoms with E-state index in [1.54, 1.807) is 6.20 Å². The number of alkyl halides is 1. The Labute approximate surface area is 116 Å². The number of hydrogen-bond acceptors (Lipinski definition) is 2. The van der Waals surface area contributed by atoms with Crippen molar-refractivity contribution < 1.29 is 4.79 Å². The van der Waals surface area contributed by atoms with Gasteiger partial charge >= 0.3 is 0 Å². The summed E-state index contributed by atoms with van der Waals surface area (Å²) in [5.74, 6) is 0.190. The van der Waals surface area contributed by atoms with E-state index in [0.29, 0.717) is 0 Å². The van der Waals surface area contributed by atoms with Crippen molar-refractivity contribution in [3.05, 3.63) is 24.4 Å². The van der Waals surface area contributed by atoms with Crippen LogP contribution >= 0.6 is 11.6 Å². The largest absolute Gasteiger partial charge is 0.326 e. The molecule has 0 radical (unpaired) electrons. The van der Waals surface area contributed by atoms with Gasteiger partial charge in [-0.25, -0.2) is 0 Å². The molecular weight excluding hydrogens is 262 g/mol. The zero-order valence-electron chi connectivity index (χ0n) is 10.5. The number of nitrogens with zero attached hydrogens (tertiary/aromatic N) is 1. The van der Waals surface area contributed by atoms with Crippen molar-refractivity contribution in [3.8, 4) is 0 Å². The Morgan fingerprint density at radius 2 is 2.11 bits per heavy atom. The Bertz CT molecular complexity index is 587. The number of halogens is 1. The summed E-state index contributed by atoms with van der Waals surface area (Å²) in [4.78, 5) is 12.2. The van der Waals surface area contributed by atoms with Gasteiger partial charge in [-0.15, -0.1) is 11.6 Å². The highest BCUT2D eigenvalue weighted by Gasteiger charge is 2.25. The number of aromatic amines is 1. The van der Waals surface area contributed by atoms with Crippen LogP contribution in [0, 0.1) is 5.92 Å². The molecule has 3 rings (SSSR count). The monoisotopic (exact) mass is 277 g/mol. The molecule has 1 saturated carbocycles. The zero-order valence-corrected chi connectivity index (χ0v) is 11.3. The van der Waals surface area contributed by atoms with Gasteiger partial charge in [0.2, 0.25) is 5.91 Å². The van der Waals surface area contributed by atoms with Crippen LogP contribution in [0.2, 0.25) is 0 Å². The third-order valence-electron chi connectivity index (χ3n) is 3.74. The highest BCUT2D eigenvalue weighted by molar-refractivity contribution is 6.20. The topological polar surface area (TPSA) is 57.8 Å². The Kier molecular flexibility index (Phi) is 3.42. The van der Waals surface area contributed by atoms with Gasteiger partial charge in [0, 0.05) is 22.4 Å². The number of hydrogen-bond donors (Lipinski definition) is 2. The second-order valence-corrected chi connectivity index (χ2v) is 5.73. The van der Waals surface area contributed by atoms with E-state index in [9.17, 15) is 4.79 Å². The van der Waals surface area contributed by atoms with Crippen LogP contribution in [0.1, 0.15) is 25.7 Å². The lowest BCUT2D eigenvalue weighted by atomic mass is 9.88. The zero-order chi connectivity index (χ0) is 13.2. The molecule has 4 nitrogen and oxygen atoms in total. The van der Waals surface area contributed by atoms with Gasteiger partial charge in [0.15, 0.2) is 0 Å². The standard InChI is InChI=1S/C14H16ClN3O/c15-11-4-1-9(2-5-11)14(19)17-12-6-3-10-8-16-18-13(10)7-12/h3,6-9,11H,1-2,4-5H2,(H,16,18)(H,17,19). The maximum Gasteiger partial charge on any atom is 0.227 e. The highest BCUT2D eigenvalue weighted by atomic mass is 35.5. The van der Waals surface area contributed by atoms with Crippen molar-refractivity contribution in [2.24, 2.45) is 5.92 Å². The number of carbonyl (C=O) groups excluding carboxylic acids is 1. The van der Waals surface area contributed by atoms with Gasteiger partial charge in [-0.1, -0.05) is 0 Å². The molecule has 5 heteroatoms. The fraction of sp³-hybridized carbons (Fsp3) is 0.429. The third kappa shape index (κ3) is 2.73. The normalized spacial score (nSPS) is 23.4. The average Bonchev–Trinajstić information content (AvgIpc) is 2.87. The minimum atomic E-state index is 0.0902. The van der Waals surface area contributed by atoms with Gasteiger partial charge in [-0.2, -0.15) is 5.10 Å². The molecule has 1 fully saturated rings. The van der Waals surface area contributed by atoms with Gasteiger partial charge in [0.25, 0.3) is 0 Å². The number of benzene rings is 1. The Hall–Kier alpha value is -1.55. The smallest absolute Gasteiger partial charge is 0.227 e. The molecule has 1 aliphatic carbocycles. The summed E-state index contributed by atoms with van der Waals surface area (Å²) in [6.07, 6.45) is 5.39. The number of rotatable bonds is 2. The van der Waals surface area contributed by atoms with Crippen LogP contribution in [-0.4, -0.2) is 21.5 Å². The summed E-state index contributed by atoms with van der Waals surface area (Å²) in [6.45, 7) is 0. The van der Waals surface area contributed by atoms with Crippen LogP contribution in [0.4, 0.5) is 5.69 Å². The molecule has 19 heavy (non-hydrogen) atoms. The molecule has 1 aliphatic rings. The lowest BCUT2D eigenvalue weighted by Gasteiger charge is -2.24. The molecule has 0 spiro atoms. The molecule has 0 bridgehead atoms. The summed E-state index contributed by atoms with van der Waals surface area (Å²) < 4.78 is 0. The summed E-state index contributed by atoms with van der Waals surface area (Å²) >= 11 is 6.06. The number of H-pyrrole nitrogens is 1. The Morgan fingerprint density at radius 1 is 1.32 bits per heavy atom. The molecule has 0 atom stereocenters. The Morgan fingerprint density at radius 3 is 2.89 bits per heavy atom. The van der Waals surface area contributed by atoms with E-state index >= 15 is 0 Å². The van der Waals surface area contributed by atoms with E-state index in [1.165, 1.54) is 0 Å². The van der Waals surface area contributed by atoms with Gasteiger partial charge in [-0.3, -0.25) is 9.89 Å². The van der Waals surface area contributed by atoms with E-state index in [-0.39, 0.29) is 17.2 Å². The fourth-order valence-corrected chi connectivity index (χ4v) is 2.83. The van der Waals surface area contributed by atoms with Crippen molar-refractivity contribution in [3.63, 3.8) is 0 Å². The molecule has 1 heterocycles. The van der Waals surface area contributed by atoms with Gasteiger partial charge in [0.05, 0.1) is 11.7 Å². The van der Waals surface area contributed by atoms with Crippen molar-refractivity contribution >= 4 is 34.1 Å². The molecule has 1 aromatic carbocycles. The quantitative estimate of drug-likeness (QED) is 0.828. The molecule has 1 aromatic heterocycles. The minimum Gasteiger partial charge on any atom is -0.326 e. The molecule has 2 aromatic rings. The van der Waals surface area contributed by atoms with Crippen LogP contribution in [0.3, 0.4) is 0 Å². The van der Waals surface area contributed by atoms with Crippen molar-refractivity contribution in [2.45, 2.75) is 31.1 Å². The first kappa shape index (κ1) is 12.5.